The average molecular weight is 265 g/mol. The summed E-state index contributed by atoms with van der Waals surface area (Å²) in [7, 11) is 0. The molecule has 76 valence electrons. The summed E-state index contributed by atoms with van der Waals surface area (Å²) in [4.78, 5) is 18.5. The van der Waals surface area contributed by atoms with Crippen LogP contribution in [0.3, 0.4) is 0 Å². The van der Waals surface area contributed by atoms with Crippen LogP contribution in [-0.2, 0) is 5.33 Å². The molecular formula is C11H9BrN2O. The number of rotatable bonds is 2. The van der Waals surface area contributed by atoms with Gasteiger partial charge >= 0.3 is 0 Å². The minimum absolute atomic E-state index is 0.0965. The van der Waals surface area contributed by atoms with Crippen LogP contribution in [0.15, 0.2) is 41.3 Å². The summed E-state index contributed by atoms with van der Waals surface area (Å²) in [5.41, 5.74) is 1.45. The van der Waals surface area contributed by atoms with Crippen LogP contribution in [0, 0.1) is 0 Å². The van der Waals surface area contributed by atoms with E-state index in [4.69, 9.17) is 0 Å². The molecule has 1 heterocycles. The monoisotopic (exact) mass is 264 g/mol. The quantitative estimate of drug-likeness (QED) is 0.847. The standard InChI is InChI=1S/C11H9BrN2O/c12-6-9-7-13-10(14-11(9)15)8-4-2-1-3-5-8/h1-5,7H,6H2,(H,13,14,15). The first-order valence-electron chi connectivity index (χ1n) is 4.51. The van der Waals surface area contributed by atoms with Crippen molar-refractivity contribution in [2.24, 2.45) is 0 Å². The fourth-order valence-corrected chi connectivity index (χ4v) is 1.66. The number of aromatic amines is 1. The van der Waals surface area contributed by atoms with Gasteiger partial charge in [-0.05, 0) is 0 Å². The van der Waals surface area contributed by atoms with Gasteiger partial charge in [0.15, 0.2) is 0 Å². The predicted octanol–water partition coefficient (Wildman–Crippen LogP) is 2.33. The Labute approximate surface area is 95.3 Å². The first kappa shape index (κ1) is 10.1. The van der Waals surface area contributed by atoms with Crippen molar-refractivity contribution < 1.29 is 0 Å². The summed E-state index contributed by atoms with van der Waals surface area (Å²) in [5.74, 6) is 0.602. The molecule has 1 aromatic carbocycles. The fraction of sp³-hybridized carbons (Fsp3) is 0.0909. The van der Waals surface area contributed by atoms with Gasteiger partial charge in [0, 0.05) is 22.7 Å². The predicted molar refractivity (Wildman–Crippen MR) is 62.9 cm³/mol. The number of aromatic nitrogens is 2. The Bertz CT molecular complexity index is 507. The Morgan fingerprint density at radius 2 is 2.00 bits per heavy atom. The summed E-state index contributed by atoms with van der Waals surface area (Å²) in [5, 5.41) is 0.518. The van der Waals surface area contributed by atoms with E-state index >= 15 is 0 Å². The molecule has 0 amide bonds. The second kappa shape index (κ2) is 4.40. The van der Waals surface area contributed by atoms with Gasteiger partial charge in [-0.2, -0.15) is 0 Å². The molecule has 0 bridgehead atoms. The molecule has 1 N–H and O–H groups in total. The molecule has 0 aliphatic heterocycles. The lowest BCUT2D eigenvalue weighted by molar-refractivity contribution is 1.08. The third-order valence-corrected chi connectivity index (χ3v) is 2.67. The molecule has 0 saturated heterocycles. The number of hydrogen-bond acceptors (Lipinski definition) is 2. The van der Waals surface area contributed by atoms with Crippen LogP contribution in [0.5, 0.6) is 0 Å². The SMILES string of the molecule is O=c1[nH]c(-c2ccccc2)ncc1CBr. The molecule has 4 heteroatoms. The lowest BCUT2D eigenvalue weighted by atomic mass is 10.2. The highest BCUT2D eigenvalue weighted by Gasteiger charge is 2.02. The molecule has 0 aliphatic carbocycles. The number of nitrogens with one attached hydrogen (secondary N) is 1. The molecular weight excluding hydrogens is 256 g/mol. The summed E-state index contributed by atoms with van der Waals surface area (Å²) in [6, 6.07) is 9.56. The maximum atomic E-state index is 11.5. The number of benzene rings is 1. The molecule has 0 aliphatic rings. The third kappa shape index (κ3) is 2.15. The molecule has 0 unspecified atom stereocenters. The van der Waals surface area contributed by atoms with Gasteiger partial charge in [-0.15, -0.1) is 0 Å². The van der Waals surface area contributed by atoms with E-state index in [9.17, 15) is 4.79 Å². The number of halogens is 1. The summed E-state index contributed by atoms with van der Waals surface area (Å²) >= 11 is 3.23. The zero-order valence-electron chi connectivity index (χ0n) is 7.90. The minimum Gasteiger partial charge on any atom is -0.306 e. The van der Waals surface area contributed by atoms with Crippen LogP contribution in [0.1, 0.15) is 5.56 Å². The van der Waals surface area contributed by atoms with Crippen LogP contribution in [-0.4, -0.2) is 9.97 Å². The van der Waals surface area contributed by atoms with Gasteiger partial charge in [-0.25, -0.2) is 4.98 Å². The van der Waals surface area contributed by atoms with Gasteiger partial charge in [0.25, 0.3) is 5.56 Å². The van der Waals surface area contributed by atoms with Crippen molar-refractivity contribution in [1.29, 1.82) is 0 Å². The van der Waals surface area contributed by atoms with Crippen molar-refractivity contribution in [3.05, 3.63) is 52.4 Å². The minimum atomic E-state index is -0.0965. The van der Waals surface area contributed by atoms with Crippen molar-refractivity contribution in [3.8, 4) is 11.4 Å². The maximum Gasteiger partial charge on any atom is 0.255 e. The first-order chi connectivity index (χ1) is 7.31. The van der Waals surface area contributed by atoms with E-state index in [0.29, 0.717) is 16.7 Å². The van der Waals surface area contributed by atoms with E-state index in [1.807, 2.05) is 30.3 Å². The second-order valence-corrected chi connectivity index (χ2v) is 3.65. The molecule has 0 atom stereocenters. The Morgan fingerprint density at radius 1 is 1.27 bits per heavy atom. The lowest BCUT2D eigenvalue weighted by Crippen LogP contribution is -2.12. The van der Waals surface area contributed by atoms with Crippen molar-refractivity contribution in [3.63, 3.8) is 0 Å². The zero-order chi connectivity index (χ0) is 10.7. The molecule has 0 spiro atoms. The van der Waals surface area contributed by atoms with E-state index in [1.165, 1.54) is 0 Å². The van der Waals surface area contributed by atoms with Gasteiger partial charge in [-0.1, -0.05) is 46.3 Å². The van der Waals surface area contributed by atoms with Gasteiger partial charge in [0.1, 0.15) is 5.82 Å². The Hall–Kier alpha value is -1.42. The fourth-order valence-electron chi connectivity index (χ4n) is 1.26. The van der Waals surface area contributed by atoms with Crippen LogP contribution < -0.4 is 5.56 Å². The molecule has 2 rings (SSSR count). The maximum absolute atomic E-state index is 11.5. The van der Waals surface area contributed by atoms with E-state index in [0.717, 1.165) is 5.56 Å². The highest BCUT2D eigenvalue weighted by Crippen LogP contribution is 2.11. The third-order valence-electron chi connectivity index (χ3n) is 2.06. The van der Waals surface area contributed by atoms with Gasteiger partial charge in [0.2, 0.25) is 0 Å². The van der Waals surface area contributed by atoms with E-state index in [1.54, 1.807) is 6.20 Å². The van der Waals surface area contributed by atoms with E-state index < -0.39 is 0 Å². The number of alkyl halides is 1. The summed E-state index contributed by atoms with van der Waals surface area (Å²) in [6.45, 7) is 0. The summed E-state index contributed by atoms with van der Waals surface area (Å²) in [6.07, 6.45) is 1.59. The normalized spacial score (nSPS) is 10.2. The Morgan fingerprint density at radius 3 is 2.60 bits per heavy atom. The highest BCUT2D eigenvalue weighted by atomic mass is 79.9. The van der Waals surface area contributed by atoms with Crippen LogP contribution in [0.2, 0.25) is 0 Å². The smallest absolute Gasteiger partial charge is 0.255 e. The molecule has 1 aromatic heterocycles. The van der Waals surface area contributed by atoms with Crippen molar-refractivity contribution in [1.82, 2.24) is 9.97 Å². The molecule has 0 radical (unpaired) electrons. The molecule has 0 fully saturated rings. The lowest BCUT2D eigenvalue weighted by Gasteiger charge is -2.00. The van der Waals surface area contributed by atoms with Crippen molar-refractivity contribution in [2.45, 2.75) is 5.33 Å². The topological polar surface area (TPSA) is 45.8 Å². The molecule has 15 heavy (non-hydrogen) atoms. The van der Waals surface area contributed by atoms with Crippen LogP contribution in [0.25, 0.3) is 11.4 Å². The number of nitrogens with zero attached hydrogens (tertiary/aromatic N) is 1. The van der Waals surface area contributed by atoms with Gasteiger partial charge in [0.05, 0.1) is 0 Å². The Kier molecular flexibility index (Phi) is 2.97. The van der Waals surface area contributed by atoms with Crippen molar-refractivity contribution >= 4 is 15.9 Å². The second-order valence-electron chi connectivity index (χ2n) is 3.09. The molecule has 2 aromatic rings. The first-order valence-corrected chi connectivity index (χ1v) is 5.63. The number of hydrogen-bond donors (Lipinski definition) is 1. The molecule has 3 nitrogen and oxygen atoms in total. The van der Waals surface area contributed by atoms with Crippen LogP contribution in [0.4, 0.5) is 0 Å². The van der Waals surface area contributed by atoms with Gasteiger partial charge in [-0.3, -0.25) is 4.79 Å². The number of H-pyrrole nitrogens is 1. The van der Waals surface area contributed by atoms with Crippen molar-refractivity contribution in [2.75, 3.05) is 0 Å². The van der Waals surface area contributed by atoms with Crippen LogP contribution >= 0.6 is 15.9 Å². The van der Waals surface area contributed by atoms with E-state index in [2.05, 4.69) is 25.9 Å². The van der Waals surface area contributed by atoms with Gasteiger partial charge < -0.3 is 4.98 Å². The summed E-state index contributed by atoms with van der Waals surface area (Å²) < 4.78 is 0. The molecule has 0 saturated carbocycles. The largest absolute Gasteiger partial charge is 0.306 e. The average Bonchev–Trinajstić information content (AvgIpc) is 2.30. The van der Waals surface area contributed by atoms with E-state index in [-0.39, 0.29) is 5.56 Å². The highest BCUT2D eigenvalue weighted by molar-refractivity contribution is 9.08. The Balaban J connectivity index is 2.48. The zero-order valence-corrected chi connectivity index (χ0v) is 9.49.